The maximum atomic E-state index is 13.1. The Morgan fingerprint density at radius 3 is 2.44 bits per heavy atom. The topological polar surface area (TPSA) is 120 Å². The van der Waals surface area contributed by atoms with E-state index in [1.807, 2.05) is 66.7 Å². The highest BCUT2D eigenvalue weighted by atomic mass is 32.1. The number of carbonyl (C=O) groups excluding carboxylic acids is 2. The van der Waals surface area contributed by atoms with Crippen molar-refractivity contribution in [1.29, 1.82) is 0 Å². The van der Waals surface area contributed by atoms with Gasteiger partial charge in [0.15, 0.2) is 10.9 Å². The summed E-state index contributed by atoms with van der Waals surface area (Å²) in [5, 5.41) is 16.5. The quantitative estimate of drug-likeness (QED) is 0.227. The predicted molar refractivity (Wildman–Crippen MR) is 130 cm³/mol. The molecule has 2 aromatic carbocycles. The number of thiocarbonyl (C=S) groups is 1. The number of hydrogen-bond donors (Lipinski definition) is 3. The summed E-state index contributed by atoms with van der Waals surface area (Å²) in [6, 6.07) is 21.2. The van der Waals surface area contributed by atoms with Crippen molar-refractivity contribution in [2.75, 3.05) is 6.54 Å². The minimum atomic E-state index is -0.507. The van der Waals surface area contributed by atoms with Gasteiger partial charge >= 0.3 is 0 Å². The number of nitrogens with one attached hydrogen (secondary N) is 3. The second-order valence-electron chi connectivity index (χ2n) is 7.66. The first kappa shape index (κ1) is 21.4. The van der Waals surface area contributed by atoms with Crippen molar-refractivity contribution in [3.8, 4) is 22.6 Å². The number of amides is 2. The Kier molecular flexibility index (Phi) is 5.79. The number of nitrogens with zero attached hydrogens (tertiary/aromatic N) is 4. The zero-order chi connectivity index (χ0) is 23.5. The number of benzene rings is 2. The fourth-order valence-corrected chi connectivity index (χ4v) is 3.96. The van der Waals surface area contributed by atoms with Crippen LogP contribution < -0.4 is 5.32 Å². The number of aromatic nitrogens is 5. The largest absolute Gasteiger partial charge is 0.355 e. The molecule has 4 aromatic rings. The number of hydrogen-bond acceptors (Lipinski definition) is 6. The monoisotopic (exact) mass is 469 g/mol. The van der Waals surface area contributed by atoms with Gasteiger partial charge in [-0.05, 0) is 58.4 Å². The molecule has 1 fully saturated rings. The van der Waals surface area contributed by atoms with Gasteiger partial charge in [-0.25, -0.2) is 5.10 Å². The maximum Gasteiger partial charge on any atom is 0.265 e. The van der Waals surface area contributed by atoms with Crippen LogP contribution >= 0.6 is 12.2 Å². The molecule has 9 nitrogen and oxygen atoms in total. The van der Waals surface area contributed by atoms with Crippen molar-refractivity contribution in [3.63, 3.8) is 0 Å². The van der Waals surface area contributed by atoms with Crippen molar-refractivity contribution in [2.45, 2.75) is 6.42 Å². The summed E-state index contributed by atoms with van der Waals surface area (Å²) < 4.78 is 0. The van der Waals surface area contributed by atoms with Crippen molar-refractivity contribution >= 4 is 35.2 Å². The van der Waals surface area contributed by atoms with Crippen molar-refractivity contribution in [1.82, 2.24) is 35.8 Å². The molecule has 34 heavy (non-hydrogen) atoms. The molecule has 10 heteroatoms. The predicted octanol–water partition coefficient (Wildman–Crippen LogP) is 2.73. The Hall–Kier alpha value is -4.44. The summed E-state index contributed by atoms with van der Waals surface area (Å²) >= 11 is 5.25. The summed E-state index contributed by atoms with van der Waals surface area (Å²) in [5.41, 5.74) is 4.38. The first-order valence-corrected chi connectivity index (χ1v) is 11.0. The standard InChI is InChI=1S/C24H19N7O2S/c32-22-19(23(33)31(24(34)26-22)13-12-15-4-2-1-3-5-15)14-18-10-11-20(25-18)16-6-8-17(9-7-16)21-27-29-30-28-21/h1-11,14,25H,12-13H2,(H,26,32,34)(H,27,28,29,30)/b19-14+. The van der Waals surface area contributed by atoms with E-state index in [9.17, 15) is 9.59 Å². The van der Waals surface area contributed by atoms with Crippen LogP contribution in [-0.2, 0) is 16.0 Å². The van der Waals surface area contributed by atoms with E-state index in [4.69, 9.17) is 12.2 Å². The van der Waals surface area contributed by atoms with Crippen LogP contribution in [-0.4, -0.2) is 54.0 Å². The third-order valence-electron chi connectivity index (χ3n) is 5.48. The van der Waals surface area contributed by atoms with Crippen LogP contribution in [0.5, 0.6) is 0 Å². The highest BCUT2D eigenvalue weighted by Crippen LogP contribution is 2.23. The fourth-order valence-electron chi connectivity index (χ4n) is 3.69. The lowest BCUT2D eigenvalue weighted by Crippen LogP contribution is -2.54. The number of tetrazole rings is 1. The Morgan fingerprint density at radius 1 is 0.941 bits per heavy atom. The summed E-state index contributed by atoms with van der Waals surface area (Å²) in [5.74, 6) is -0.335. The Bertz CT molecular complexity index is 1380. The number of carbonyl (C=O) groups is 2. The fraction of sp³-hybridized carbons (Fsp3) is 0.0833. The van der Waals surface area contributed by atoms with Crippen LogP contribution in [0, 0.1) is 0 Å². The van der Waals surface area contributed by atoms with Gasteiger partial charge in [-0.15, -0.1) is 5.10 Å². The zero-order valence-electron chi connectivity index (χ0n) is 17.9. The molecule has 0 spiro atoms. The molecule has 0 aliphatic carbocycles. The Balaban J connectivity index is 1.33. The third-order valence-corrected chi connectivity index (χ3v) is 5.80. The molecule has 168 valence electrons. The molecule has 1 aliphatic heterocycles. The van der Waals surface area contributed by atoms with E-state index in [1.54, 1.807) is 6.08 Å². The minimum absolute atomic E-state index is 0.0308. The normalized spacial score (nSPS) is 15.1. The lowest BCUT2D eigenvalue weighted by molar-refractivity contribution is -0.128. The summed E-state index contributed by atoms with van der Waals surface area (Å²) in [6.45, 7) is 0.377. The van der Waals surface area contributed by atoms with E-state index in [2.05, 4.69) is 30.9 Å². The van der Waals surface area contributed by atoms with Gasteiger partial charge < -0.3 is 4.98 Å². The number of rotatable bonds is 6. The van der Waals surface area contributed by atoms with E-state index >= 15 is 0 Å². The van der Waals surface area contributed by atoms with E-state index in [1.165, 1.54) is 4.90 Å². The van der Waals surface area contributed by atoms with Crippen LogP contribution in [0.25, 0.3) is 28.7 Å². The average molecular weight is 470 g/mol. The number of H-pyrrole nitrogens is 2. The zero-order valence-corrected chi connectivity index (χ0v) is 18.7. The van der Waals surface area contributed by atoms with Gasteiger partial charge in [0, 0.05) is 23.5 Å². The average Bonchev–Trinajstić information content (AvgIpc) is 3.55. The van der Waals surface area contributed by atoms with Crippen molar-refractivity contribution < 1.29 is 9.59 Å². The minimum Gasteiger partial charge on any atom is -0.355 e. The first-order valence-electron chi connectivity index (χ1n) is 10.5. The second-order valence-corrected chi connectivity index (χ2v) is 8.05. The highest BCUT2D eigenvalue weighted by Gasteiger charge is 2.33. The van der Waals surface area contributed by atoms with Crippen LogP contribution in [0.15, 0.2) is 72.3 Å². The van der Waals surface area contributed by atoms with Crippen LogP contribution in [0.4, 0.5) is 0 Å². The molecular weight excluding hydrogens is 450 g/mol. The molecule has 0 saturated carbocycles. The third kappa shape index (κ3) is 4.39. The van der Waals surface area contributed by atoms with Gasteiger partial charge in [0.2, 0.25) is 0 Å². The smallest absolute Gasteiger partial charge is 0.265 e. The van der Waals surface area contributed by atoms with Crippen molar-refractivity contribution in [3.05, 3.63) is 83.6 Å². The molecule has 0 unspecified atom stereocenters. The lowest BCUT2D eigenvalue weighted by Gasteiger charge is -2.28. The molecule has 3 heterocycles. The summed E-state index contributed by atoms with van der Waals surface area (Å²) in [4.78, 5) is 30.3. The van der Waals surface area contributed by atoms with Gasteiger partial charge in [-0.3, -0.25) is 19.8 Å². The van der Waals surface area contributed by atoms with Crippen LogP contribution in [0.2, 0.25) is 0 Å². The molecular formula is C24H19N7O2S. The van der Waals surface area contributed by atoms with E-state index in [0.29, 0.717) is 24.5 Å². The molecule has 0 bridgehead atoms. The highest BCUT2D eigenvalue weighted by molar-refractivity contribution is 7.80. The lowest BCUT2D eigenvalue weighted by atomic mass is 10.1. The van der Waals surface area contributed by atoms with Gasteiger partial charge in [0.25, 0.3) is 11.8 Å². The Morgan fingerprint density at radius 2 is 1.71 bits per heavy atom. The van der Waals surface area contributed by atoms with Crippen LogP contribution in [0.3, 0.4) is 0 Å². The molecule has 1 saturated heterocycles. The van der Waals surface area contributed by atoms with Gasteiger partial charge in [0.1, 0.15) is 5.57 Å². The molecule has 3 N–H and O–H groups in total. The Labute approximate surface area is 199 Å². The molecule has 1 aliphatic rings. The summed E-state index contributed by atoms with van der Waals surface area (Å²) in [7, 11) is 0. The van der Waals surface area contributed by atoms with Crippen molar-refractivity contribution in [2.24, 2.45) is 0 Å². The molecule has 2 amide bonds. The summed E-state index contributed by atoms with van der Waals surface area (Å²) in [6.07, 6.45) is 2.18. The first-order chi connectivity index (χ1) is 16.6. The molecule has 0 radical (unpaired) electrons. The maximum absolute atomic E-state index is 13.1. The second kappa shape index (κ2) is 9.20. The van der Waals surface area contributed by atoms with E-state index in [0.717, 1.165) is 22.4 Å². The van der Waals surface area contributed by atoms with E-state index < -0.39 is 11.8 Å². The van der Waals surface area contributed by atoms with Gasteiger partial charge in [-0.1, -0.05) is 54.6 Å². The molecule has 0 atom stereocenters. The van der Waals surface area contributed by atoms with Crippen LogP contribution in [0.1, 0.15) is 11.3 Å². The van der Waals surface area contributed by atoms with Gasteiger partial charge in [-0.2, -0.15) is 0 Å². The number of aromatic amines is 2. The SMILES string of the molecule is O=C1NC(=S)N(CCc2ccccc2)C(=O)/C1=C/c1ccc(-c2ccc(-c3nnn[nH]3)cc2)[nH]1. The molecule has 2 aromatic heterocycles. The van der Waals surface area contributed by atoms with Gasteiger partial charge in [0.05, 0.1) is 0 Å². The van der Waals surface area contributed by atoms with E-state index in [-0.39, 0.29) is 10.7 Å². The molecule has 5 rings (SSSR count).